The summed E-state index contributed by atoms with van der Waals surface area (Å²) in [5.41, 5.74) is 2.07. The molecule has 4 nitrogen and oxygen atoms in total. The number of hydrogen-bond donors (Lipinski definition) is 1. The fraction of sp³-hybridized carbons (Fsp3) is 0.400. The fourth-order valence-corrected chi connectivity index (χ4v) is 3.44. The van der Waals surface area contributed by atoms with Gasteiger partial charge in [0, 0.05) is 24.1 Å². The van der Waals surface area contributed by atoms with E-state index >= 15 is 0 Å². The predicted octanol–water partition coefficient (Wildman–Crippen LogP) is 4.93. The molecule has 1 aliphatic carbocycles. The molecular formula is C20H21F2NO3. The van der Waals surface area contributed by atoms with E-state index in [2.05, 4.69) is 4.98 Å². The largest absolute Gasteiger partial charge is 0.488 e. The Morgan fingerprint density at radius 1 is 1.23 bits per heavy atom. The SMILES string of the molecule is O=C(O)CCCOc1c(F)cc(-c2cccnc2C2CCCC2)cc1F. The maximum Gasteiger partial charge on any atom is 0.303 e. The minimum absolute atomic E-state index is 0.0558. The Labute approximate surface area is 150 Å². The van der Waals surface area contributed by atoms with Crippen LogP contribution in [0.4, 0.5) is 8.78 Å². The van der Waals surface area contributed by atoms with Crippen LogP contribution in [0.1, 0.15) is 50.1 Å². The Bertz CT molecular complexity index is 765. The monoisotopic (exact) mass is 361 g/mol. The third-order valence-corrected chi connectivity index (χ3v) is 4.67. The second kappa shape index (κ2) is 8.25. The zero-order valence-electron chi connectivity index (χ0n) is 14.4. The highest BCUT2D eigenvalue weighted by Crippen LogP contribution is 2.39. The van der Waals surface area contributed by atoms with Crippen molar-refractivity contribution in [1.29, 1.82) is 0 Å². The molecule has 0 radical (unpaired) electrons. The van der Waals surface area contributed by atoms with Crippen molar-refractivity contribution in [2.45, 2.75) is 44.4 Å². The Kier molecular flexibility index (Phi) is 5.81. The van der Waals surface area contributed by atoms with E-state index in [0.717, 1.165) is 36.9 Å². The molecule has 1 aromatic heterocycles. The third kappa shape index (κ3) is 4.18. The molecule has 1 aliphatic rings. The maximum absolute atomic E-state index is 14.4. The average Bonchev–Trinajstić information content (AvgIpc) is 3.14. The summed E-state index contributed by atoms with van der Waals surface area (Å²) in [6.45, 7) is -0.0558. The van der Waals surface area contributed by atoms with Gasteiger partial charge in [0.05, 0.1) is 12.3 Å². The molecule has 0 atom stereocenters. The van der Waals surface area contributed by atoms with Crippen molar-refractivity contribution >= 4 is 5.97 Å². The van der Waals surface area contributed by atoms with Crippen molar-refractivity contribution in [2.24, 2.45) is 0 Å². The summed E-state index contributed by atoms with van der Waals surface area (Å²) in [6.07, 6.45) is 6.16. The van der Waals surface area contributed by atoms with Crippen LogP contribution in [-0.2, 0) is 4.79 Å². The second-order valence-electron chi connectivity index (χ2n) is 6.53. The van der Waals surface area contributed by atoms with Crippen LogP contribution >= 0.6 is 0 Å². The van der Waals surface area contributed by atoms with Crippen LogP contribution in [0.25, 0.3) is 11.1 Å². The zero-order chi connectivity index (χ0) is 18.5. The molecule has 1 aromatic carbocycles. The van der Waals surface area contributed by atoms with Crippen molar-refractivity contribution in [3.8, 4) is 16.9 Å². The highest BCUT2D eigenvalue weighted by atomic mass is 19.1. The van der Waals surface area contributed by atoms with Crippen LogP contribution in [0.3, 0.4) is 0 Å². The van der Waals surface area contributed by atoms with Crippen LogP contribution < -0.4 is 4.74 Å². The number of nitrogens with zero attached hydrogens (tertiary/aromatic N) is 1. The summed E-state index contributed by atoms with van der Waals surface area (Å²) in [5, 5.41) is 8.59. The fourth-order valence-electron chi connectivity index (χ4n) is 3.44. The summed E-state index contributed by atoms with van der Waals surface area (Å²) < 4.78 is 33.9. The summed E-state index contributed by atoms with van der Waals surface area (Å²) in [5.74, 6) is -2.70. The summed E-state index contributed by atoms with van der Waals surface area (Å²) >= 11 is 0. The molecule has 0 spiro atoms. The number of ether oxygens (including phenoxy) is 1. The van der Waals surface area contributed by atoms with Gasteiger partial charge in [-0.3, -0.25) is 9.78 Å². The lowest BCUT2D eigenvalue weighted by Crippen LogP contribution is -2.05. The Hall–Kier alpha value is -2.50. The first-order chi connectivity index (χ1) is 12.6. The first kappa shape index (κ1) is 18.3. The van der Waals surface area contributed by atoms with Gasteiger partial charge in [-0.2, -0.15) is 0 Å². The van der Waals surface area contributed by atoms with Crippen molar-refractivity contribution < 1.29 is 23.4 Å². The van der Waals surface area contributed by atoms with Gasteiger partial charge in [-0.1, -0.05) is 18.9 Å². The molecule has 6 heteroatoms. The molecular weight excluding hydrogens is 340 g/mol. The number of hydrogen-bond acceptors (Lipinski definition) is 3. The van der Waals surface area contributed by atoms with Crippen molar-refractivity contribution in [2.75, 3.05) is 6.61 Å². The molecule has 0 saturated heterocycles. The van der Waals surface area contributed by atoms with Crippen LogP contribution in [0.15, 0.2) is 30.5 Å². The second-order valence-corrected chi connectivity index (χ2v) is 6.53. The number of aliphatic carboxylic acids is 1. The van der Waals surface area contributed by atoms with Crippen LogP contribution in [-0.4, -0.2) is 22.7 Å². The lowest BCUT2D eigenvalue weighted by Gasteiger charge is -2.15. The van der Waals surface area contributed by atoms with Crippen molar-refractivity contribution in [1.82, 2.24) is 4.98 Å². The van der Waals surface area contributed by atoms with E-state index in [1.54, 1.807) is 12.3 Å². The Balaban J connectivity index is 1.83. The predicted molar refractivity (Wildman–Crippen MR) is 93.2 cm³/mol. The van der Waals surface area contributed by atoms with E-state index in [-0.39, 0.29) is 19.4 Å². The van der Waals surface area contributed by atoms with Gasteiger partial charge in [0.15, 0.2) is 17.4 Å². The first-order valence-electron chi connectivity index (χ1n) is 8.85. The molecule has 3 rings (SSSR count). The molecule has 1 heterocycles. The Morgan fingerprint density at radius 2 is 1.92 bits per heavy atom. The van der Waals surface area contributed by atoms with E-state index in [1.165, 1.54) is 12.1 Å². The molecule has 0 unspecified atom stereocenters. The lowest BCUT2D eigenvalue weighted by atomic mass is 9.94. The maximum atomic E-state index is 14.4. The minimum atomic E-state index is -0.971. The van der Waals surface area contributed by atoms with E-state index in [4.69, 9.17) is 9.84 Å². The number of carboxylic acids is 1. The number of rotatable bonds is 7. The topological polar surface area (TPSA) is 59.4 Å². The molecule has 138 valence electrons. The smallest absolute Gasteiger partial charge is 0.303 e. The quantitative estimate of drug-likeness (QED) is 0.711. The van der Waals surface area contributed by atoms with Gasteiger partial charge in [0.25, 0.3) is 0 Å². The summed E-state index contributed by atoms with van der Waals surface area (Å²) in [6, 6.07) is 6.11. The number of halogens is 2. The number of carboxylic acid groups (broad SMARTS) is 1. The van der Waals surface area contributed by atoms with Crippen LogP contribution in [0.2, 0.25) is 0 Å². The molecule has 0 bridgehead atoms. The normalized spacial score (nSPS) is 14.5. The summed E-state index contributed by atoms with van der Waals surface area (Å²) in [4.78, 5) is 14.9. The standard InChI is InChI=1S/C20H21F2NO3/c21-16-11-14(12-17(22)20(16)26-10-4-8-18(24)25)15-7-3-9-23-19(15)13-5-1-2-6-13/h3,7,9,11-13H,1-2,4-6,8,10H2,(H,24,25). The molecule has 0 aliphatic heterocycles. The molecule has 1 N–H and O–H groups in total. The highest BCUT2D eigenvalue weighted by molar-refractivity contribution is 5.68. The number of aromatic nitrogens is 1. The van der Waals surface area contributed by atoms with Crippen molar-refractivity contribution in [3.05, 3.63) is 47.8 Å². The van der Waals surface area contributed by atoms with Crippen molar-refractivity contribution in [3.63, 3.8) is 0 Å². The van der Waals surface area contributed by atoms with Crippen LogP contribution in [0, 0.1) is 11.6 Å². The first-order valence-corrected chi connectivity index (χ1v) is 8.85. The van der Waals surface area contributed by atoms with Gasteiger partial charge >= 0.3 is 5.97 Å². The van der Waals surface area contributed by atoms with Crippen LogP contribution in [0.5, 0.6) is 5.75 Å². The van der Waals surface area contributed by atoms with E-state index in [9.17, 15) is 13.6 Å². The molecule has 1 fully saturated rings. The minimum Gasteiger partial charge on any atom is -0.488 e. The molecule has 26 heavy (non-hydrogen) atoms. The Morgan fingerprint density at radius 3 is 2.58 bits per heavy atom. The van der Waals surface area contributed by atoms with E-state index in [1.807, 2.05) is 6.07 Å². The summed E-state index contributed by atoms with van der Waals surface area (Å²) in [7, 11) is 0. The number of pyridine rings is 1. The van der Waals surface area contributed by atoms with Gasteiger partial charge < -0.3 is 9.84 Å². The van der Waals surface area contributed by atoms with Gasteiger partial charge in [-0.15, -0.1) is 0 Å². The van der Waals surface area contributed by atoms with Gasteiger partial charge in [0.1, 0.15) is 0 Å². The van der Waals surface area contributed by atoms with E-state index < -0.39 is 23.4 Å². The number of carbonyl (C=O) groups is 1. The van der Waals surface area contributed by atoms with Gasteiger partial charge in [-0.05, 0) is 43.0 Å². The van der Waals surface area contributed by atoms with Gasteiger partial charge in [-0.25, -0.2) is 8.78 Å². The lowest BCUT2D eigenvalue weighted by molar-refractivity contribution is -0.137. The zero-order valence-corrected chi connectivity index (χ0v) is 14.4. The molecule has 2 aromatic rings. The third-order valence-electron chi connectivity index (χ3n) is 4.67. The molecule has 1 saturated carbocycles. The highest BCUT2D eigenvalue weighted by Gasteiger charge is 2.23. The molecule has 0 amide bonds. The number of benzene rings is 1. The van der Waals surface area contributed by atoms with E-state index in [0.29, 0.717) is 11.5 Å². The average molecular weight is 361 g/mol. The van der Waals surface area contributed by atoms with Gasteiger partial charge in [0.2, 0.25) is 0 Å².